The van der Waals surface area contributed by atoms with Gasteiger partial charge in [-0.3, -0.25) is 9.59 Å². The van der Waals surface area contributed by atoms with E-state index in [4.69, 9.17) is 0 Å². The lowest BCUT2D eigenvalue weighted by Crippen LogP contribution is -2.39. The number of rotatable bonds is 5. The van der Waals surface area contributed by atoms with Crippen molar-refractivity contribution in [3.8, 4) is 0 Å². The number of aromatic nitrogens is 1. The summed E-state index contributed by atoms with van der Waals surface area (Å²) < 4.78 is 0. The molecule has 1 aliphatic heterocycles. The van der Waals surface area contributed by atoms with Crippen LogP contribution in [-0.4, -0.2) is 53.2 Å². The molecule has 0 aliphatic carbocycles. The molecule has 1 amide bonds. The van der Waals surface area contributed by atoms with E-state index in [-0.39, 0.29) is 17.4 Å². The van der Waals surface area contributed by atoms with Gasteiger partial charge in [0.05, 0.1) is 6.10 Å². The number of aromatic amines is 1. The summed E-state index contributed by atoms with van der Waals surface area (Å²) in [6.07, 6.45) is 2.52. The summed E-state index contributed by atoms with van der Waals surface area (Å²) in [5, 5.41) is 12.4. The third-order valence-corrected chi connectivity index (χ3v) is 3.64. The minimum Gasteiger partial charge on any atom is -0.392 e. The Labute approximate surface area is 124 Å². The number of pyridine rings is 1. The van der Waals surface area contributed by atoms with Gasteiger partial charge >= 0.3 is 0 Å². The molecular weight excluding hydrogens is 270 g/mol. The third-order valence-electron chi connectivity index (χ3n) is 3.64. The van der Waals surface area contributed by atoms with E-state index in [0.717, 1.165) is 38.9 Å². The number of carbonyl (C=O) groups is 1. The number of nitrogens with zero attached hydrogens (tertiary/aromatic N) is 1. The highest BCUT2D eigenvalue weighted by Crippen LogP contribution is 2.09. The van der Waals surface area contributed by atoms with Crippen LogP contribution in [0.2, 0.25) is 0 Å². The molecule has 0 radical (unpaired) electrons. The lowest BCUT2D eigenvalue weighted by Gasteiger charge is -2.29. The monoisotopic (exact) mass is 293 g/mol. The summed E-state index contributed by atoms with van der Waals surface area (Å²) in [5.74, 6) is -0.255. The number of hydrogen-bond donors (Lipinski definition) is 3. The molecular formula is C15H23N3O3. The maximum absolute atomic E-state index is 11.9. The fraction of sp³-hybridized carbons (Fsp3) is 0.600. The van der Waals surface area contributed by atoms with Crippen LogP contribution < -0.4 is 10.7 Å². The normalized spacial score (nSPS) is 19.4. The second-order valence-corrected chi connectivity index (χ2v) is 5.62. The quantitative estimate of drug-likeness (QED) is 0.680. The maximum atomic E-state index is 11.9. The minimum atomic E-state index is -0.255. The van der Waals surface area contributed by atoms with Crippen LogP contribution in [0.4, 0.5) is 0 Å². The maximum Gasteiger partial charge on any atom is 0.267 e. The van der Waals surface area contributed by atoms with E-state index in [1.807, 2.05) is 0 Å². The van der Waals surface area contributed by atoms with E-state index >= 15 is 0 Å². The second-order valence-electron chi connectivity index (χ2n) is 5.62. The van der Waals surface area contributed by atoms with Crippen LogP contribution >= 0.6 is 0 Å². The summed E-state index contributed by atoms with van der Waals surface area (Å²) in [6.45, 7) is 4.90. The average molecular weight is 293 g/mol. The van der Waals surface area contributed by atoms with E-state index in [1.54, 1.807) is 6.92 Å². The first-order valence-electron chi connectivity index (χ1n) is 7.44. The third kappa shape index (κ3) is 4.99. The van der Waals surface area contributed by atoms with Crippen LogP contribution in [0.3, 0.4) is 0 Å². The van der Waals surface area contributed by atoms with E-state index in [2.05, 4.69) is 15.2 Å². The van der Waals surface area contributed by atoms with E-state index in [0.29, 0.717) is 17.9 Å². The van der Waals surface area contributed by atoms with Gasteiger partial charge in [-0.1, -0.05) is 0 Å². The Morgan fingerprint density at radius 3 is 3.05 bits per heavy atom. The largest absolute Gasteiger partial charge is 0.392 e. The van der Waals surface area contributed by atoms with Crippen LogP contribution in [0, 0.1) is 6.92 Å². The van der Waals surface area contributed by atoms with Crippen molar-refractivity contribution < 1.29 is 9.90 Å². The molecule has 1 saturated heterocycles. The van der Waals surface area contributed by atoms with Crippen molar-refractivity contribution in [3.05, 3.63) is 33.7 Å². The Morgan fingerprint density at radius 1 is 1.52 bits per heavy atom. The first kappa shape index (κ1) is 15.7. The molecule has 0 saturated carbocycles. The van der Waals surface area contributed by atoms with Crippen LogP contribution in [-0.2, 0) is 0 Å². The Morgan fingerprint density at radius 2 is 2.33 bits per heavy atom. The van der Waals surface area contributed by atoms with Crippen molar-refractivity contribution in [2.24, 2.45) is 0 Å². The molecule has 1 aromatic heterocycles. The number of aliphatic hydroxyl groups excluding tert-OH is 1. The van der Waals surface area contributed by atoms with Gasteiger partial charge in [-0.2, -0.15) is 0 Å². The molecule has 1 aromatic rings. The number of β-amino-alcohol motifs (C(OH)–C–C–N with tert-alkyl or cyclic N) is 1. The SMILES string of the molecule is Cc1cc(=O)cc(C(=O)NCCCN2CCCC(O)C2)[nH]1. The predicted octanol–water partition coefficient (Wildman–Crippen LogP) is 0.260. The molecule has 1 atom stereocenters. The molecule has 1 aliphatic rings. The van der Waals surface area contributed by atoms with Gasteiger partial charge in [0.25, 0.3) is 5.91 Å². The van der Waals surface area contributed by atoms with Crippen LogP contribution in [0.15, 0.2) is 16.9 Å². The Balaban J connectivity index is 1.73. The topological polar surface area (TPSA) is 85.4 Å². The highest BCUT2D eigenvalue weighted by molar-refractivity contribution is 5.92. The summed E-state index contributed by atoms with van der Waals surface area (Å²) in [5.41, 5.74) is 0.807. The zero-order valence-corrected chi connectivity index (χ0v) is 12.4. The molecule has 6 nitrogen and oxygen atoms in total. The Bertz CT molecular complexity index is 541. The number of nitrogens with one attached hydrogen (secondary N) is 2. The molecule has 0 aromatic carbocycles. The number of amides is 1. The van der Waals surface area contributed by atoms with Crippen molar-refractivity contribution in [1.29, 1.82) is 0 Å². The fourth-order valence-electron chi connectivity index (χ4n) is 2.64. The number of carbonyl (C=O) groups excluding carboxylic acids is 1. The first-order valence-corrected chi connectivity index (χ1v) is 7.44. The number of aryl methyl sites for hydroxylation is 1. The number of H-pyrrole nitrogens is 1. The molecule has 21 heavy (non-hydrogen) atoms. The standard InChI is InChI=1S/C15H23N3O3/c1-11-8-13(20)9-14(17-11)15(21)16-5-3-7-18-6-2-4-12(19)10-18/h8-9,12,19H,2-7,10H2,1H3,(H,16,21)(H,17,20). The van der Waals surface area contributed by atoms with Crippen molar-refractivity contribution in [1.82, 2.24) is 15.2 Å². The summed E-state index contributed by atoms with van der Waals surface area (Å²) in [7, 11) is 0. The average Bonchev–Trinajstić information content (AvgIpc) is 2.42. The smallest absolute Gasteiger partial charge is 0.267 e. The molecule has 1 unspecified atom stereocenters. The first-order chi connectivity index (χ1) is 10.0. The van der Waals surface area contributed by atoms with Gasteiger partial charge in [-0.25, -0.2) is 0 Å². The number of piperidine rings is 1. The summed E-state index contributed by atoms with van der Waals surface area (Å²) in [6, 6.07) is 2.77. The van der Waals surface area contributed by atoms with Gasteiger partial charge in [-0.15, -0.1) is 0 Å². The number of aliphatic hydroxyl groups is 1. The minimum absolute atomic E-state index is 0.168. The zero-order chi connectivity index (χ0) is 15.2. The molecule has 1 fully saturated rings. The van der Waals surface area contributed by atoms with Crippen LogP contribution in [0.1, 0.15) is 35.4 Å². The second kappa shape index (κ2) is 7.38. The molecule has 0 spiro atoms. The Hall–Kier alpha value is -1.66. The molecule has 116 valence electrons. The van der Waals surface area contributed by atoms with Gasteiger partial charge in [0, 0.05) is 30.9 Å². The molecule has 6 heteroatoms. The van der Waals surface area contributed by atoms with E-state index in [1.165, 1.54) is 12.1 Å². The summed E-state index contributed by atoms with van der Waals surface area (Å²) in [4.78, 5) is 28.4. The van der Waals surface area contributed by atoms with E-state index in [9.17, 15) is 14.7 Å². The molecule has 2 heterocycles. The lowest BCUT2D eigenvalue weighted by atomic mass is 10.1. The van der Waals surface area contributed by atoms with Gasteiger partial charge in [0.15, 0.2) is 5.43 Å². The van der Waals surface area contributed by atoms with Gasteiger partial charge in [-0.05, 0) is 39.3 Å². The van der Waals surface area contributed by atoms with Crippen molar-refractivity contribution >= 4 is 5.91 Å². The molecule has 3 N–H and O–H groups in total. The zero-order valence-electron chi connectivity index (χ0n) is 12.4. The Kier molecular flexibility index (Phi) is 5.52. The van der Waals surface area contributed by atoms with Gasteiger partial charge in [0.1, 0.15) is 5.69 Å². The van der Waals surface area contributed by atoms with Gasteiger partial charge < -0.3 is 20.3 Å². The van der Waals surface area contributed by atoms with Crippen LogP contribution in [0.5, 0.6) is 0 Å². The highest BCUT2D eigenvalue weighted by atomic mass is 16.3. The van der Waals surface area contributed by atoms with Crippen molar-refractivity contribution in [2.75, 3.05) is 26.2 Å². The highest BCUT2D eigenvalue weighted by Gasteiger charge is 2.16. The fourth-order valence-corrected chi connectivity index (χ4v) is 2.64. The van der Waals surface area contributed by atoms with Crippen LogP contribution in [0.25, 0.3) is 0 Å². The molecule has 2 rings (SSSR count). The number of likely N-dealkylation sites (tertiary alicyclic amines) is 1. The van der Waals surface area contributed by atoms with Gasteiger partial charge in [0.2, 0.25) is 0 Å². The van der Waals surface area contributed by atoms with Crippen molar-refractivity contribution in [3.63, 3.8) is 0 Å². The lowest BCUT2D eigenvalue weighted by molar-refractivity contribution is 0.0697. The predicted molar refractivity (Wildman–Crippen MR) is 80.4 cm³/mol. The van der Waals surface area contributed by atoms with E-state index < -0.39 is 0 Å². The molecule has 0 bridgehead atoms. The summed E-state index contributed by atoms with van der Waals surface area (Å²) >= 11 is 0. The number of hydrogen-bond acceptors (Lipinski definition) is 4. The van der Waals surface area contributed by atoms with Crippen molar-refractivity contribution in [2.45, 2.75) is 32.3 Å².